The molecule has 1 rings (SSSR count). The fraction of sp³-hybridized carbons (Fsp3) is 0.667. The summed E-state index contributed by atoms with van der Waals surface area (Å²) in [7, 11) is 1.50. The van der Waals surface area contributed by atoms with Gasteiger partial charge in [-0.1, -0.05) is 19.8 Å². The Balaban J connectivity index is 0.00000211. The fourth-order valence-corrected chi connectivity index (χ4v) is 2.51. The van der Waals surface area contributed by atoms with Crippen LogP contribution in [0.2, 0.25) is 0 Å². The molecule has 1 atom stereocenters. The molecule has 0 amide bonds. The van der Waals surface area contributed by atoms with Crippen molar-refractivity contribution in [2.45, 2.75) is 58.7 Å². The smallest absolute Gasteiger partial charge is 0.345 e. The highest BCUT2D eigenvalue weighted by Gasteiger charge is 2.16. The van der Waals surface area contributed by atoms with Crippen LogP contribution in [0.3, 0.4) is 0 Å². The molecule has 128 valence electrons. The minimum Gasteiger partial charge on any atom is -0.397 e. The number of hydrogen-bond donors (Lipinski definition) is 2. The highest BCUT2D eigenvalue weighted by atomic mass is 79.9. The quantitative estimate of drug-likeness (QED) is 0.712. The van der Waals surface area contributed by atoms with E-state index in [9.17, 15) is 8.78 Å². The van der Waals surface area contributed by atoms with Crippen LogP contribution < -0.4 is 11.5 Å². The lowest BCUT2D eigenvalue weighted by atomic mass is 10.1. The molecule has 0 aliphatic carbocycles. The molecular formula is C15H26BrF2N3O. The van der Waals surface area contributed by atoms with Gasteiger partial charge in [0.15, 0.2) is 0 Å². The normalized spacial score (nSPS) is 12.0. The van der Waals surface area contributed by atoms with E-state index >= 15 is 0 Å². The van der Waals surface area contributed by atoms with Crippen molar-refractivity contribution in [3.63, 3.8) is 0 Å². The number of unbranched alkanes of at least 4 members (excludes halogenated alkanes) is 1. The molecule has 0 unspecified atom stereocenters. The first-order valence-corrected chi connectivity index (χ1v) is 8.16. The molecule has 0 aromatic carbocycles. The number of pyridine rings is 1. The van der Waals surface area contributed by atoms with Gasteiger partial charge in [0.2, 0.25) is 0 Å². The van der Waals surface area contributed by atoms with Gasteiger partial charge in [0.25, 0.3) is 0 Å². The van der Waals surface area contributed by atoms with E-state index in [1.165, 1.54) is 7.05 Å². The maximum Gasteiger partial charge on any atom is 0.345 e. The van der Waals surface area contributed by atoms with Gasteiger partial charge in [-0.25, -0.2) is 0 Å². The number of alkyl halides is 2. The Labute approximate surface area is 139 Å². The molecule has 1 heterocycles. The molecule has 22 heavy (non-hydrogen) atoms. The van der Waals surface area contributed by atoms with Crippen LogP contribution in [0.1, 0.15) is 44.0 Å². The number of nitrogens with zero attached hydrogens (tertiary/aromatic N) is 1. The van der Waals surface area contributed by atoms with E-state index in [0.29, 0.717) is 24.9 Å². The van der Waals surface area contributed by atoms with Gasteiger partial charge in [0.1, 0.15) is 0 Å². The molecule has 0 aliphatic heterocycles. The first kappa shape index (κ1) is 21.2. The molecule has 1 aromatic rings. The number of anilines is 1. The van der Waals surface area contributed by atoms with Gasteiger partial charge in [-0.3, -0.25) is 4.98 Å². The van der Waals surface area contributed by atoms with Gasteiger partial charge in [0.05, 0.1) is 23.2 Å². The van der Waals surface area contributed by atoms with E-state index in [2.05, 4.69) is 31.4 Å². The van der Waals surface area contributed by atoms with Gasteiger partial charge in [-0.2, -0.15) is 8.78 Å². The molecule has 4 nitrogen and oxygen atoms in total. The topological polar surface area (TPSA) is 74.2 Å². The zero-order valence-electron chi connectivity index (χ0n) is 13.4. The van der Waals surface area contributed by atoms with Gasteiger partial charge in [0, 0.05) is 4.47 Å². The third kappa shape index (κ3) is 8.00. The van der Waals surface area contributed by atoms with Crippen LogP contribution >= 0.6 is 15.9 Å². The zero-order valence-corrected chi connectivity index (χ0v) is 15.0. The number of nitrogens with two attached hydrogens (primary N) is 2. The van der Waals surface area contributed by atoms with Crippen LogP contribution in [-0.4, -0.2) is 24.7 Å². The Bertz CT molecular complexity index is 433. The highest BCUT2D eigenvalue weighted by Crippen LogP contribution is 2.23. The summed E-state index contributed by atoms with van der Waals surface area (Å²) in [5.74, 6) is 0. The number of nitrogen functional groups attached to an aromatic ring is 1. The molecule has 0 spiro atoms. The highest BCUT2D eigenvalue weighted by molar-refractivity contribution is 9.10. The number of rotatable bonds is 8. The molecule has 7 heteroatoms. The Kier molecular flexibility index (Phi) is 11.3. The molecular weight excluding hydrogens is 356 g/mol. The average Bonchev–Trinajstić information content (AvgIpc) is 2.48. The summed E-state index contributed by atoms with van der Waals surface area (Å²) in [5, 5.41) is 0. The molecule has 0 radical (unpaired) electrons. The van der Waals surface area contributed by atoms with Crippen molar-refractivity contribution in [1.82, 2.24) is 4.98 Å². The van der Waals surface area contributed by atoms with E-state index < -0.39 is 12.7 Å². The predicted octanol–water partition coefficient (Wildman–Crippen LogP) is 4.04. The summed E-state index contributed by atoms with van der Waals surface area (Å²) in [6.45, 7) is 1.14. The lowest BCUT2D eigenvalue weighted by Gasteiger charge is -2.17. The summed E-state index contributed by atoms with van der Waals surface area (Å²) in [4.78, 5) is 4.39. The lowest BCUT2D eigenvalue weighted by molar-refractivity contribution is -0.165. The third-order valence-electron chi connectivity index (χ3n) is 3.16. The van der Waals surface area contributed by atoms with Crippen molar-refractivity contribution in [3.05, 3.63) is 21.9 Å². The molecule has 0 saturated heterocycles. The number of hydrogen-bond acceptors (Lipinski definition) is 4. The number of halogens is 3. The SMILES string of the molecule is CCCC[C@H](CCc1nc(C)c(N)cc1Br)OC(F)F.CN. The van der Waals surface area contributed by atoms with Crippen molar-refractivity contribution < 1.29 is 13.5 Å². The molecule has 4 N–H and O–H groups in total. The van der Waals surface area contributed by atoms with E-state index in [0.717, 1.165) is 28.7 Å². The minimum absolute atomic E-state index is 0.429. The van der Waals surface area contributed by atoms with E-state index in [1.807, 2.05) is 13.8 Å². The van der Waals surface area contributed by atoms with Gasteiger partial charge in [-0.15, -0.1) is 0 Å². The molecule has 0 fully saturated rings. The van der Waals surface area contributed by atoms with Crippen LogP contribution in [0.4, 0.5) is 14.5 Å². The number of aromatic nitrogens is 1. The maximum atomic E-state index is 12.4. The summed E-state index contributed by atoms with van der Waals surface area (Å²) in [6.07, 6.45) is 3.18. The molecule has 0 saturated carbocycles. The summed E-state index contributed by atoms with van der Waals surface area (Å²) in [5.41, 5.74) is 12.5. The van der Waals surface area contributed by atoms with E-state index in [1.54, 1.807) is 6.07 Å². The monoisotopic (exact) mass is 381 g/mol. The van der Waals surface area contributed by atoms with Crippen LogP contribution in [-0.2, 0) is 11.2 Å². The van der Waals surface area contributed by atoms with Crippen LogP contribution in [0.15, 0.2) is 10.5 Å². The average molecular weight is 382 g/mol. The maximum absolute atomic E-state index is 12.4. The van der Waals surface area contributed by atoms with Crippen molar-refractivity contribution >= 4 is 21.6 Å². The Morgan fingerprint density at radius 2 is 1.95 bits per heavy atom. The van der Waals surface area contributed by atoms with Crippen LogP contribution in [0, 0.1) is 6.92 Å². The Morgan fingerprint density at radius 3 is 2.50 bits per heavy atom. The first-order valence-electron chi connectivity index (χ1n) is 7.36. The second kappa shape index (κ2) is 11.7. The second-order valence-electron chi connectivity index (χ2n) is 4.79. The van der Waals surface area contributed by atoms with Crippen molar-refractivity contribution in [2.75, 3.05) is 12.8 Å². The molecule has 0 bridgehead atoms. The fourth-order valence-electron chi connectivity index (χ4n) is 1.98. The van der Waals surface area contributed by atoms with Crippen molar-refractivity contribution in [3.8, 4) is 0 Å². The number of ether oxygens (including phenoxy) is 1. The first-order chi connectivity index (χ1) is 10.4. The summed E-state index contributed by atoms with van der Waals surface area (Å²) in [6, 6.07) is 1.80. The predicted molar refractivity (Wildman–Crippen MR) is 89.9 cm³/mol. The summed E-state index contributed by atoms with van der Waals surface area (Å²) >= 11 is 3.40. The Morgan fingerprint density at radius 1 is 1.32 bits per heavy atom. The lowest BCUT2D eigenvalue weighted by Crippen LogP contribution is -2.18. The Hall–Kier alpha value is -0.790. The van der Waals surface area contributed by atoms with E-state index in [-0.39, 0.29) is 0 Å². The minimum atomic E-state index is -2.72. The van der Waals surface area contributed by atoms with Crippen molar-refractivity contribution in [2.24, 2.45) is 5.73 Å². The van der Waals surface area contributed by atoms with Crippen molar-refractivity contribution in [1.29, 1.82) is 0 Å². The molecule has 1 aromatic heterocycles. The van der Waals surface area contributed by atoms with Gasteiger partial charge >= 0.3 is 6.61 Å². The third-order valence-corrected chi connectivity index (χ3v) is 3.84. The summed E-state index contributed by atoms with van der Waals surface area (Å²) < 4.78 is 30.2. The zero-order chi connectivity index (χ0) is 17.1. The van der Waals surface area contributed by atoms with E-state index in [4.69, 9.17) is 5.73 Å². The van der Waals surface area contributed by atoms with Gasteiger partial charge in [-0.05, 0) is 55.2 Å². The number of aryl methyl sites for hydroxylation is 2. The standard InChI is InChI=1S/C14H21BrF2N2O.CH5N/c1-3-4-5-10(20-14(16)17)6-7-13-11(15)8-12(18)9(2)19-13;1-2/h8,10,14H,3-7,18H2,1-2H3;2H2,1H3/t10-;/m1./s1. The van der Waals surface area contributed by atoms with Crippen LogP contribution in [0.5, 0.6) is 0 Å². The largest absolute Gasteiger partial charge is 0.397 e. The molecule has 0 aliphatic rings. The van der Waals surface area contributed by atoms with Gasteiger partial charge < -0.3 is 16.2 Å². The van der Waals surface area contributed by atoms with Crippen LogP contribution in [0.25, 0.3) is 0 Å². The second-order valence-corrected chi connectivity index (χ2v) is 5.65.